The third-order valence-corrected chi connectivity index (χ3v) is 10.4. The summed E-state index contributed by atoms with van der Waals surface area (Å²) in [6.07, 6.45) is 0.265. The quantitative estimate of drug-likeness (QED) is 0.332. The average molecular weight is 574 g/mol. The molecule has 2 heterocycles. The van der Waals surface area contributed by atoms with Gasteiger partial charge in [-0.05, 0) is 62.1 Å². The number of carbonyl (C=O) groups excluding carboxylic acids is 1. The third kappa shape index (κ3) is 5.50. The monoisotopic (exact) mass is 573 g/mol. The van der Waals surface area contributed by atoms with Crippen molar-refractivity contribution in [2.45, 2.75) is 64.5 Å². The van der Waals surface area contributed by atoms with Gasteiger partial charge in [0.2, 0.25) is 10.0 Å². The van der Waals surface area contributed by atoms with Gasteiger partial charge in [0.15, 0.2) is 5.78 Å². The van der Waals surface area contributed by atoms with Crippen molar-refractivity contribution in [1.29, 1.82) is 0 Å². The summed E-state index contributed by atoms with van der Waals surface area (Å²) in [5.74, 6) is -2.65. The maximum Gasteiger partial charge on any atom is 0.310 e. The van der Waals surface area contributed by atoms with E-state index in [1.54, 1.807) is 44.2 Å². The lowest BCUT2D eigenvalue weighted by Crippen LogP contribution is -2.36. The van der Waals surface area contributed by atoms with Gasteiger partial charge in [-0.25, -0.2) is 12.8 Å². The van der Waals surface area contributed by atoms with Gasteiger partial charge in [-0.1, -0.05) is 37.3 Å². The average Bonchev–Trinajstić information content (AvgIpc) is 3.21. The van der Waals surface area contributed by atoms with Crippen molar-refractivity contribution < 1.29 is 32.2 Å². The Balaban J connectivity index is 1.81. The van der Waals surface area contributed by atoms with Crippen molar-refractivity contribution in [2.24, 2.45) is 5.41 Å². The zero-order valence-electron chi connectivity index (χ0n) is 22.5. The molecule has 2 aromatic carbocycles. The van der Waals surface area contributed by atoms with E-state index < -0.39 is 38.9 Å². The largest absolute Gasteiger partial charge is 0.488 e. The molecule has 1 unspecified atom stereocenters. The molecule has 0 saturated heterocycles. The lowest BCUT2D eigenvalue weighted by atomic mass is 9.73. The number of ether oxygens (including phenoxy) is 1. The van der Waals surface area contributed by atoms with Gasteiger partial charge in [0.1, 0.15) is 27.4 Å². The second kappa shape index (κ2) is 10.8. The number of halogens is 1. The first-order valence-electron chi connectivity index (χ1n) is 12.7. The number of rotatable bonds is 8. The number of carboxylic acids is 1. The molecule has 3 aromatic rings. The van der Waals surface area contributed by atoms with Gasteiger partial charge < -0.3 is 9.84 Å². The molecule has 39 heavy (non-hydrogen) atoms. The molecular formula is C29H32FNO6S2. The highest BCUT2D eigenvalue weighted by atomic mass is 32.2. The first-order valence-corrected chi connectivity index (χ1v) is 14.9. The summed E-state index contributed by atoms with van der Waals surface area (Å²) < 4.78 is 49.4. The Labute approximate surface area is 232 Å². The molecule has 0 fully saturated rings. The number of benzene rings is 2. The molecule has 1 aliphatic heterocycles. The molecule has 7 nitrogen and oxygen atoms in total. The van der Waals surface area contributed by atoms with Gasteiger partial charge in [0.25, 0.3) is 0 Å². The number of hydrogen-bond donors (Lipinski definition) is 1. The zero-order chi connectivity index (χ0) is 28.7. The van der Waals surface area contributed by atoms with Crippen molar-refractivity contribution in [3.05, 3.63) is 80.8 Å². The first-order chi connectivity index (χ1) is 18.3. The fourth-order valence-corrected chi connectivity index (χ4v) is 7.68. The van der Waals surface area contributed by atoms with Crippen LogP contribution in [0.4, 0.5) is 4.39 Å². The van der Waals surface area contributed by atoms with Gasteiger partial charge in [0, 0.05) is 24.3 Å². The van der Waals surface area contributed by atoms with Crippen LogP contribution in [0.2, 0.25) is 0 Å². The SMILES string of the molecule is CC[C@@H]1CN(Cc2cc(C(c3cc(F)c(C(C)=O)s3)C(C)(C)C(=O)O)ccc2C)S(=O)(=O)c2ccccc2O1. The Morgan fingerprint density at radius 3 is 2.51 bits per heavy atom. The number of nitrogens with zero attached hydrogens (tertiary/aromatic N) is 1. The van der Waals surface area contributed by atoms with Crippen LogP contribution in [0.15, 0.2) is 53.4 Å². The highest BCUT2D eigenvalue weighted by Gasteiger charge is 2.41. The van der Waals surface area contributed by atoms with E-state index in [-0.39, 0.29) is 29.0 Å². The molecule has 0 bridgehead atoms. The van der Waals surface area contributed by atoms with Crippen molar-refractivity contribution in [1.82, 2.24) is 4.31 Å². The Kier molecular flexibility index (Phi) is 8.03. The van der Waals surface area contributed by atoms with E-state index >= 15 is 0 Å². The lowest BCUT2D eigenvalue weighted by molar-refractivity contribution is -0.147. The second-order valence-corrected chi connectivity index (χ2v) is 13.4. The van der Waals surface area contributed by atoms with E-state index in [1.807, 2.05) is 19.9 Å². The number of thiophene rings is 1. The third-order valence-electron chi connectivity index (χ3n) is 7.26. The van der Waals surface area contributed by atoms with Crippen molar-refractivity contribution in [3.63, 3.8) is 0 Å². The number of hydrogen-bond acceptors (Lipinski definition) is 6. The predicted molar refractivity (Wildman–Crippen MR) is 147 cm³/mol. The van der Waals surface area contributed by atoms with E-state index in [0.29, 0.717) is 28.2 Å². The number of fused-ring (bicyclic) bond motifs is 1. The summed E-state index contributed by atoms with van der Waals surface area (Å²) in [7, 11) is -3.89. The molecule has 2 atom stereocenters. The Morgan fingerprint density at radius 1 is 1.21 bits per heavy atom. The first kappa shape index (κ1) is 28.9. The van der Waals surface area contributed by atoms with Crippen LogP contribution in [-0.4, -0.2) is 42.2 Å². The molecule has 0 radical (unpaired) electrons. The summed E-state index contributed by atoms with van der Waals surface area (Å²) in [5.41, 5.74) is 0.761. The van der Waals surface area contributed by atoms with Gasteiger partial charge in [0.05, 0.1) is 12.0 Å². The lowest BCUT2D eigenvalue weighted by Gasteiger charge is -2.31. The molecule has 0 aliphatic carbocycles. The maximum atomic E-state index is 14.7. The second-order valence-electron chi connectivity index (χ2n) is 10.4. The minimum absolute atomic E-state index is 0.0495. The van der Waals surface area contributed by atoms with E-state index in [1.165, 1.54) is 23.4 Å². The topological polar surface area (TPSA) is 101 Å². The normalized spacial score (nSPS) is 18.1. The molecule has 0 spiro atoms. The summed E-state index contributed by atoms with van der Waals surface area (Å²) in [6.45, 7) is 8.39. The smallest absolute Gasteiger partial charge is 0.310 e. The van der Waals surface area contributed by atoms with E-state index in [4.69, 9.17) is 4.74 Å². The molecular weight excluding hydrogens is 541 g/mol. The minimum Gasteiger partial charge on any atom is -0.488 e. The Morgan fingerprint density at radius 2 is 1.90 bits per heavy atom. The predicted octanol–water partition coefficient (Wildman–Crippen LogP) is 6.00. The van der Waals surface area contributed by atoms with Crippen LogP contribution >= 0.6 is 11.3 Å². The molecule has 1 N–H and O–H groups in total. The summed E-state index contributed by atoms with van der Waals surface area (Å²) >= 11 is 0.948. The summed E-state index contributed by atoms with van der Waals surface area (Å²) in [5, 5.41) is 10.1. The highest BCUT2D eigenvalue weighted by molar-refractivity contribution is 7.89. The summed E-state index contributed by atoms with van der Waals surface area (Å²) in [6, 6.07) is 13.2. The van der Waals surface area contributed by atoms with Gasteiger partial charge in [-0.3, -0.25) is 9.59 Å². The molecule has 0 saturated carbocycles. The van der Waals surface area contributed by atoms with Gasteiger partial charge in [-0.15, -0.1) is 11.3 Å². The Hall–Kier alpha value is -3.08. The molecule has 1 aromatic heterocycles. The van der Waals surface area contributed by atoms with Crippen LogP contribution in [0.1, 0.15) is 71.3 Å². The molecule has 4 rings (SSSR count). The number of aliphatic carboxylic acids is 1. The van der Waals surface area contributed by atoms with Crippen LogP contribution in [0.5, 0.6) is 5.75 Å². The maximum absolute atomic E-state index is 14.7. The number of para-hydroxylation sites is 1. The summed E-state index contributed by atoms with van der Waals surface area (Å²) in [4.78, 5) is 24.8. The standard InChI is InChI=1S/C29H32FNO6S2/c1-6-21-16-31(39(35,36)25-10-8-7-9-23(25)37-21)15-20-13-19(12-11-17(20)2)26(29(4,5)28(33)34)24-14-22(30)27(38-24)18(3)32/h7-14,21,26H,6,15-16H2,1-5H3,(H,33,34)/t21-,26?/m1/s1. The number of aryl methyl sites for hydroxylation is 1. The van der Waals surface area contributed by atoms with Crippen LogP contribution in [-0.2, 0) is 21.4 Å². The van der Waals surface area contributed by atoms with Crippen molar-refractivity contribution >= 4 is 33.1 Å². The molecule has 208 valence electrons. The molecule has 0 amide bonds. The minimum atomic E-state index is -3.89. The zero-order valence-corrected chi connectivity index (χ0v) is 24.2. The number of ketones is 1. The van der Waals surface area contributed by atoms with E-state index in [9.17, 15) is 27.5 Å². The Bertz CT molecular complexity index is 1530. The molecule has 1 aliphatic rings. The highest BCUT2D eigenvalue weighted by Crippen LogP contribution is 2.45. The molecule has 10 heteroatoms. The number of sulfonamides is 1. The van der Waals surface area contributed by atoms with Crippen LogP contribution in [0, 0.1) is 18.2 Å². The fraction of sp³-hybridized carbons (Fsp3) is 0.379. The van der Waals surface area contributed by atoms with Gasteiger partial charge >= 0.3 is 5.97 Å². The van der Waals surface area contributed by atoms with Crippen LogP contribution < -0.4 is 4.74 Å². The number of Topliss-reactive ketones (excluding diaryl/α,β-unsaturated/α-hetero) is 1. The van der Waals surface area contributed by atoms with Crippen molar-refractivity contribution in [2.75, 3.05) is 6.54 Å². The van der Waals surface area contributed by atoms with E-state index in [2.05, 4.69) is 0 Å². The van der Waals surface area contributed by atoms with Crippen LogP contribution in [0.25, 0.3) is 0 Å². The fourth-order valence-electron chi connectivity index (χ4n) is 4.86. The number of carboxylic acid groups (broad SMARTS) is 1. The van der Waals surface area contributed by atoms with Crippen LogP contribution in [0.3, 0.4) is 0 Å². The van der Waals surface area contributed by atoms with E-state index in [0.717, 1.165) is 16.9 Å². The number of carbonyl (C=O) groups is 2. The van der Waals surface area contributed by atoms with Crippen molar-refractivity contribution in [3.8, 4) is 5.75 Å². The van der Waals surface area contributed by atoms with Gasteiger partial charge in [-0.2, -0.15) is 4.31 Å².